The van der Waals surface area contributed by atoms with E-state index < -0.39 is 0 Å². The number of esters is 1. The Labute approximate surface area is 162 Å². The summed E-state index contributed by atoms with van der Waals surface area (Å²) in [4.78, 5) is 12.6. The summed E-state index contributed by atoms with van der Waals surface area (Å²) in [6.45, 7) is 9.66. The molecule has 3 aliphatic rings. The lowest BCUT2D eigenvalue weighted by atomic mass is 9.55. The Balaban J connectivity index is 1.34. The van der Waals surface area contributed by atoms with Crippen molar-refractivity contribution in [1.29, 1.82) is 0 Å². The molecular formula is C23H33NO3. The smallest absolute Gasteiger partial charge is 0.310 e. The molecule has 4 heteroatoms. The molecule has 4 rings (SSSR count). The highest BCUT2D eigenvalue weighted by molar-refractivity contribution is 5.75. The predicted octanol–water partition coefficient (Wildman–Crippen LogP) is 4.50. The van der Waals surface area contributed by atoms with Crippen LogP contribution in [0.1, 0.15) is 58.1 Å². The molecule has 0 unspecified atom stereocenters. The summed E-state index contributed by atoms with van der Waals surface area (Å²) >= 11 is 0. The van der Waals surface area contributed by atoms with E-state index in [2.05, 4.69) is 25.7 Å². The fourth-order valence-electron chi connectivity index (χ4n) is 5.73. The average Bonchev–Trinajstić information content (AvgIpc) is 3.23. The number of carbonyl (C=O) groups is 1. The van der Waals surface area contributed by atoms with Crippen LogP contribution >= 0.6 is 0 Å². The SMILES string of the molecule is C=C1CCC[C@]2(C)C[C@@H]3OC(=O)[C@@H](CN[C@H](C)CCc4ccco4)[C@@H]3C[C@H]12. The predicted molar refractivity (Wildman–Crippen MR) is 105 cm³/mol. The molecule has 2 heterocycles. The third-order valence-electron chi connectivity index (χ3n) is 7.41. The first kappa shape index (κ1) is 18.8. The van der Waals surface area contributed by atoms with E-state index in [1.165, 1.54) is 18.4 Å². The molecule has 1 N–H and O–H groups in total. The fourth-order valence-corrected chi connectivity index (χ4v) is 5.73. The number of carbonyl (C=O) groups excluding carboxylic acids is 1. The third kappa shape index (κ3) is 3.73. The molecule has 27 heavy (non-hydrogen) atoms. The van der Waals surface area contributed by atoms with E-state index in [4.69, 9.17) is 9.15 Å². The lowest BCUT2D eigenvalue weighted by Gasteiger charge is -2.50. The molecular weight excluding hydrogens is 338 g/mol. The Morgan fingerprint density at radius 2 is 2.30 bits per heavy atom. The molecule has 1 aromatic rings. The van der Waals surface area contributed by atoms with Crippen LogP contribution in [0.5, 0.6) is 0 Å². The number of nitrogens with one attached hydrogen (secondary N) is 1. The Morgan fingerprint density at radius 1 is 1.44 bits per heavy atom. The van der Waals surface area contributed by atoms with Gasteiger partial charge < -0.3 is 14.5 Å². The van der Waals surface area contributed by atoms with Crippen LogP contribution in [-0.2, 0) is 16.0 Å². The summed E-state index contributed by atoms with van der Waals surface area (Å²) in [6, 6.07) is 4.29. The minimum atomic E-state index is -0.0136. The Hall–Kier alpha value is -1.55. The molecule has 148 valence electrons. The summed E-state index contributed by atoms with van der Waals surface area (Å²) in [5.41, 5.74) is 1.68. The van der Waals surface area contributed by atoms with Crippen molar-refractivity contribution in [3.05, 3.63) is 36.3 Å². The maximum atomic E-state index is 12.6. The normalized spacial score (nSPS) is 36.8. The maximum absolute atomic E-state index is 12.6. The second-order valence-corrected chi connectivity index (χ2v) is 9.33. The number of allylic oxidation sites excluding steroid dienone is 1. The second kappa shape index (κ2) is 7.46. The van der Waals surface area contributed by atoms with Crippen LogP contribution in [0.4, 0.5) is 0 Å². The van der Waals surface area contributed by atoms with E-state index in [0.717, 1.165) is 44.4 Å². The van der Waals surface area contributed by atoms with E-state index in [9.17, 15) is 4.79 Å². The van der Waals surface area contributed by atoms with Crippen molar-refractivity contribution >= 4 is 5.97 Å². The van der Waals surface area contributed by atoms with E-state index in [1.54, 1.807) is 6.26 Å². The van der Waals surface area contributed by atoms with E-state index >= 15 is 0 Å². The monoisotopic (exact) mass is 371 g/mol. The Morgan fingerprint density at radius 3 is 3.07 bits per heavy atom. The van der Waals surface area contributed by atoms with Gasteiger partial charge in [-0.3, -0.25) is 4.79 Å². The van der Waals surface area contributed by atoms with Gasteiger partial charge >= 0.3 is 5.97 Å². The van der Waals surface area contributed by atoms with Crippen molar-refractivity contribution in [2.75, 3.05) is 6.54 Å². The highest BCUT2D eigenvalue weighted by Gasteiger charge is 2.54. The highest BCUT2D eigenvalue weighted by atomic mass is 16.6. The van der Waals surface area contributed by atoms with Crippen LogP contribution in [0.2, 0.25) is 0 Å². The maximum Gasteiger partial charge on any atom is 0.310 e. The van der Waals surface area contributed by atoms with Crippen molar-refractivity contribution in [2.24, 2.45) is 23.2 Å². The number of hydrogen-bond donors (Lipinski definition) is 1. The van der Waals surface area contributed by atoms with Crippen LogP contribution in [0.15, 0.2) is 35.0 Å². The van der Waals surface area contributed by atoms with Crippen molar-refractivity contribution in [3.63, 3.8) is 0 Å². The Kier molecular flexibility index (Phi) is 5.19. The van der Waals surface area contributed by atoms with Crippen molar-refractivity contribution in [2.45, 2.75) is 70.9 Å². The number of rotatable bonds is 6. The zero-order valence-electron chi connectivity index (χ0n) is 16.7. The van der Waals surface area contributed by atoms with Gasteiger partial charge in [0, 0.05) is 24.9 Å². The first-order valence-electron chi connectivity index (χ1n) is 10.6. The molecule has 2 aliphatic carbocycles. The molecule has 1 aromatic heterocycles. The lowest BCUT2D eigenvalue weighted by molar-refractivity contribution is -0.146. The Bertz CT molecular complexity index is 682. The molecule has 0 bridgehead atoms. The quantitative estimate of drug-likeness (QED) is 0.591. The standard InChI is InChI=1S/C23H33NO3/c1-15-6-4-10-23(3)13-21-18(12-20(15)23)19(22(25)27-21)14-24-16(2)8-9-17-7-5-11-26-17/h5,7,11,16,18-21,24H,1,4,6,8-10,12-14H2,2-3H3/t16-,18+,19+,20-,21+,23-/m1/s1. The van der Waals surface area contributed by atoms with Crippen LogP contribution in [0, 0.1) is 23.2 Å². The number of aryl methyl sites for hydroxylation is 1. The molecule has 0 aromatic carbocycles. The molecule has 2 saturated carbocycles. The van der Waals surface area contributed by atoms with Crippen molar-refractivity contribution < 1.29 is 13.9 Å². The summed E-state index contributed by atoms with van der Waals surface area (Å²) in [5, 5.41) is 3.58. The van der Waals surface area contributed by atoms with Crippen LogP contribution < -0.4 is 5.32 Å². The van der Waals surface area contributed by atoms with Gasteiger partial charge in [0.2, 0.25) is 0 Å². The van der Waals surface area contributed by atoms with Gasteiger partial charge in [-0.05, 0) is 68.9 Å². The lowest BCUT2D eigenvalue weighted by Crippen LogP contribution is -2.45. The number of hydrogen-bond acceptors (Lipinski definition) is 4. The summed E-state index contributed by atoms with van der Waals surface area (Å²) < 4.78 is 11.3. The summed E-state index contributed by atoms with van der Waals surface area (Å²) in [5.74, 6) is 1.91. The number of fused-ring (bicyclic) bond motifs is 2. The van der Waals surface area contributed by atoms with Gasteiger partial charge in [0.25, 0.3) is 0 Å². The molecule has 4 nitrogen and oxygen atoms in total. The van der Waals surface area contributed by atoms with Gasteiger partial charge in [-0.2, -0.15) is 0 Å². The third-order valence-corrected chi connectivity index (χ3v) is 7.41. The van der Waals surface area contributed by atoms with Crippen LogP contribution in [0.3, 0.4) is 0 Å². The molecule has 0 radical (unpaired) electrons. The molecule has 0 spiro atoms. The van der Waals surface area contributed by atoms with E-state index in [1.807, 2.05) is 12.1 Å². The number of ether oxygens (including phenoxy) is 1. The summed E-state index contributed by atoms with van der Waals surface area (Å²) in [7, 11) is 0. The van der Waals surface area contributed by atoms with Crippen LogP contribution in [-0.4, -0.2) is 24.7 Å². The first-order valence-corrected chi connectivity index (χ1v) is 10.6. The van der Waals surface area contributed by atoms with E-state index in [-0.39, 0.29) is 23.4 Å². The van der Waals surface area contributed by atoms with E-state index in [0.29, 0.717) is 17.9 Å². The molecule has 6 atom stereocenters. The van der Waals surface area contributed by atoms with Gasteiger partial charge in [0.15, 0.2) is 0 Å². The molecule has 3 fully saturated rings. The topological polar surface area (TPSA) is 51.5 Å². The minimum absolute atomic E-state index is 0.00333. The van der Waals surface area contributed by atoms with Crippen molar-refractivity contribution in [3.8, 4) is 0 Å². The van der Waals surface area contributed by atoms with Gasteiger partial charge in [-0.15, -0.1) is 0 Å². The van der Waals surface area contributed by atoms with Gasteiger partial charge in [0.1, 0.15) is 11.9 Å². The number of furan rings is 1. The van der Waals surface area contributed by atoms with Crippen molar-refractivity contribution in [1.82, 2.24) is 5.32 Å². The molecule has 0 amide bonds. The summed E-state index contributed by atoms with van der Waals surface area (Å²) in [6.07, 6.45) is 9.45. The zero-order valence-corrected chi connectivity index (χ0v) is 16.7. The van der Waals surface area contributed by atoms with Gasteiger partial charge in [-0.25, -0.2) is 0 Å². The molecule has 1 aliphatic heterocycles. The van der Waals surface area contributed by atoms with Gasteiger partial charge in [0.05, 0.1) is 12.2 Å². The van der Waals surface area contributed by atoms with Crippen LogP contribution in [0.25, 0.3) is 0 Å². The second-order valence-electron chi connectivity index (χ2n) is 9.33. The first-order chi connectivity index (χ1) is 13.0. The minimum Gasteiger partial charge on any atom is -0.469 e. The largest absolute Gasteiger partial charge is 0.469 e. The highest BCUT2D eigenvalue weighted by Crippen LogP contribution is 2.56. The zero-order chi connectivity index (χ0) is 19.0. The molecule has 1 saturated heterocycles. The average molecular weight is 372 g/mol. The van der Waals surface area contributed by atoms with Gasteiger partial charge in [-0.1, -0.05) is 19.1 Å². The fraction of sp³-hybridized carbons (Fsp3) is 0.696.